The summed E-state index contributed by atoms with van der Waals surface area (Å²) >= 11 is 0. The summed E-state index contributed by atoms with van der Waals surface area (Å²) in [5.41, 5.74) is 6.01. The molecule has 1 aliphatic heterocycles. The van der Waals surface area contributed by atoms with Crippen molar-refractivity contribution in [3.05, 3.63) is 76.5 Å². The molecule has 1 aliphatic carbocycles. The van der Waals surface area contributed by atoms with Gasteiger partial charge in [-0.2, -0.15) is 4.68 Å². The first-order valence-corrected chi connectivity index (χ1v) is 10.0. The lowest BCUT2D eigenvalue weighted by atomic mass is 9.83. The lowest BCUT2D eigenvalue weighted by Crippen LogP contribution is -2.28. The zero-order valence-corrected chi connectivity index (χ0v) is 17.0. The van der Waals surface area contributed by atoms with Crippen molar-refractivity contribution in [1.29, 1.82) is 0 Å². The van der Waals surface area contributed by atoms with E-state index in [1.165, 1.54) is 11.1 Å². The van der Waals surface area contributed by atoms with Gasteiger partial charge in [-0.25, -0.2) is 0 Å². The third kappa shape index (κ3) is 3.22. The Balaban J connectivity index is 1.58. The number of hydrogen-bond donors (Lipinski definition) is 1. The summed E-state index contributed by atoms with van der Waals surface area (Å²) < 4.78 is 12.5. The van der Waals surface area contributed by atoms with E-state index in [9.17, 15) is 0 Å². The van der Waals surface area contributed by atoms with Crippen LogP contribution in [0.2, 0.25) is 0 Å². The van der Waals surface area contributed by atoms with Gasteiger partial charge in [0.15, 0.2) is 0 Å². The van der Waals surface area contributed by atoms with Crippen LogP contribution in [0.5, 0.6) is 11.5 Å². The lowest BCUT2D eigenvalue weighted by molar-refractivity contribution is 0.414. The fourth-order valence-corrected chi connectivity index (χ4v) is 4.24. The van der Waals surface area contributed by atoms with E-state index in [0.717, 1.165) is 47.6 Å². The lowest BCUT2D eigenvalue weighted by Gasteiger charge is -2.34. The monoisotopic (exact) mass is 401 g/mol. The Hall–Kier alpha value is -3.61. The minimum absolute atomic E-state index is 0.0308. The second-order valence-corrected chi connectivity index (χ2v) is 7.44. The van der Waals surface area contributed by atoms with Gasteiger partial charge < -0.3 is 14.8 Å². The summed E-state index contributed by atoms with van der Waals surface area (Å²) in [6.07, 6.45) is 5.34. The van der Waals surface area contributed by atoms with Crippen LogP contribution in [0.4, 0.5) is 5.95 Å². The molecule has 152 valence electrons. The maximum atomic E-state index is 5.33. The Morgan fingerprint density at radius 1 is 0.967 bits per heavy atom. The second-order valence-electron chi connectivity index (χ2n) is 7.44. The molecule has 1 atom stereocenters. The molecule has 7 heteroatoms. The van der Waals surface area contributed by atoms with E-state index in [0.29, 0.717) is 5.95 Å². The molecule has 1 aromatic heterocycles. The van der Waals surface area contributed by atoms with Crippen molar-refractivity contribution < 1.29 is 9.47 Å². The Morgan fingerprint density at radius 3 is 2.37 bits per heavy atom. The van der Waals surface area contributed by atoms with Crippen molar-refractivity contribution in [2.24, 2.45) is 0 Å². The van der Waals surface area contributed by atoms with E-state index in [4.69, 9.17) is 9.47 Å². The van der Waals surface area contributed by atoms with Crippen LogP contribution in [0, 0.1) is 0 Å². The molecule has 0 bridgehead atoms. The Morgan fingerprint density at radius 2 is 1.67 bits per heavy atom. The molecular weight excluding hydrogens is 378 g/mol. The van der Waals surface area contributed by atoms with Gasteiger partial charge in [-0.05, 0) is 82.3 Å². The van der Waals surface area contributed by atoms with E-state index in [2.05, 4.69) is 51.2 Å². The summed E-state index contributed by atoms with van der Waals surface area (Å²) in [6.45, 7) is 0. The fourth-order valence-electron chi connectivity index (χ4n) is 4.24. The van der Waals surface area contributed by atoms with E-state index in [-0.39, 0.29) is 6.04 Å². The van der Waals surface area contributed by atoms with Gasteiger partial charge in [-0.3, -0.25) is 0 Å². The van der Waals surface area contributed by atoms with Crippen LogP contribution in [0.25, 0.3) is 6.08 Å². The predicted molar refractivity (Wildman–Crippen MR) is 114 cm³/mol. The molecule has 0 amide bonds. The van der Waals surface area contributed by atoms with E-state index in [1.807, 2.05) is 28.9 Å². The molecule has 7 nitrogen and oxygen atoms in total. The summed E-state index contributed by atoms with van der Waals surface area (Å²) in [4.78, 5) is 0. The number of nitrogens with one attached hydrogen (secondary N) is 1. The number of allylic oxidation sites excluding steroid dienone is 2. The molecule has 0 saturated heterocycles. The number of tetrazole rings is 1. The van der Waals surface area contributed by atoms with Crippen LogP contribution in [-0.2, 0) is 0 Å². The van der Waals surface area contributed by atoms with Gasteiger partial charge in [0.25, 0.3) is 0 Å². The zero-order valence-electron chi connectivity index (χ0n) is 17.0. The SMILES string of the molecule is COc1ccc(C=C2CCCC3=C2Nc2nnnn2C3c2ccc(OC)cc2)cc1. The summed E-state index contributed by atoms with van der Waals surface area (Å²) in [5.74, 6) is 2.36. The molecule has 1 N–H and O–H groups in total. The highest BCUT2D eigenvalue weighted by Crippen LogP contribution is 2.43. The minimum atomic E-state index is -0.0308. The van der Waals surface area contributed by atoms with E-state index >= 15 is 0 Å². The van der Waals surface area contributed by atoms with Gasteiger partial charge in [0, 0.05) is 5.70 Å². The van der Waals surface area contributed by atoms with Gasteiger partial charge in [-0.1, -0.05) is 29.4 Å². The van der Waals surface area contributed by atoms with Gasteiger partial charge in [-0.15, -0.1) is 0 Å². The smallest absolute Gasteiger partial charge is 0.248 e. The van der Waals surface area contributed by atoms with Crippen molar-refractivity contribution in [3.8, 4) is 11.5 Å². The average Bonchev–Trinajstić information content (AvgIpc) is 3.27. The van der Waals surface area contributed by atoms with Crippen LogP contribution in [0.3, 0.4) is 0 Å². The number of hydrogen-bond acceptors (Lipinski definition) is 6. The summed E-state index contributed by atoms with van der Waals surface area (Å²) in [7, 11) is 3.36. The average molecular weight is 401 g/mol. The van der Waals surface area contributed by atoms with E-state index < -0.39 is 0 Å². The molecule has 1 unspecified atom stereocenters. The third-order valence-electron chi connectivity index (χ3n) is 5.73. The van der Waals surface area contributed by atoms with Gasteiger partial charge in [0.1, 0.15) is 17.5 Å². The highest BCUT2D eigenvalue weighted by Gasteiger charge is 2.34. The zero-order chi connectivity index (χ0) is 20.5. The van der Waals surface area contributed by atoms with Crippen molar-refractivity contribution in [3.63, 3.8) is 0 Å². The first-order valence-electron chi connectivity index (χ1n) is 10.0. The van der Waals surface area contributed by atoms with Crippen molar-refractivity contribution in [2.75, 3.05) is 19.5 Å². The Kier molecular flexibility index (Phi) is 4.71. The highest BCUT2D eigenvalue weighted by molar-refractivity contribution is 5.65. The van der Waals surface area contributed by atoms with Crippen molar-refractivity contribution in [2.45, 2.75) is 25.3 Å². The molecule has 2 aliphatic rings. The van der Waals surface area contributed by atoms with Gasteiger partial charge >= 0.3 is 0 Å². The van der Waals surface area contributed by atoms with Crippen molar-refractivity contribution >= 4 is 12.0 Å². The normalized spacial score (nSPS) is 19.1. The maximum absolute atomic E-state index is 5.33. The van der Waals surface area contributed by atoms with Crippen LogP contribution >= 0.6 is 0 Å². The summed E-state index contributed by atoms with van der Waals surface area (Å²) in [6, 6.07) is 16.2. The van der Waals surface area contributed by atoms with Gasteiger partial charge in [0.2, 0.25) is 5.95 Å². The number of rotatable bonds is 4. The molecule has 5 rings (SSSR count). The highest BCUT2D eigenvalue weighted by atomic mass is 16.5. The predicted octanol–water partition coefficient (Wildman–Crippen LogP) is 4.23. The Labute approximate surface area is 175 Å². The number of ether oxygens (including phenoxy) is 2. The standard InChI is InChI=1S/C23H23N5O2/c1-29-18-10-6-15(7-11-18)14-17-4-3-5-20-21(17)24-23-25-26-27-28(23)22(20)16-8-12-19(30-2)13-9-16/h6-14,22H,3-5H2,1-2H3,(H,24,25,27). The third-order valence-corrected chi connectivity index (χ3v) is 5.73. The molecule has 0 fully saturated rings. The van der Waals surface area contributed by atoms with Gasteiger partial charge in [0.05, 0.1) is 14.2 Å². The molecule has 0 radical (unpaired) electrons. The minimum Gasteiger partial charge on any atom is -0.497 e. The number of nitrogens with zero attached hydrogens (tertiary/aromatic N) is 4. The van der Waals surface area contributed by atoms with Crippen LogP contribution in [-0.4, -0.2) is 34.4 Å². The fraction of sp³-hybridized carbons (Fsp3) is 0.261. The molecule has 30 heavy (non-hydrogen) atoms. The number of aromatic nitrogens is 4. The van der Waals surface area contributed by atoms with Crippen LogP contribution < -0.4 is 14.8 Å². The molecule has 2 aromatic carbocycles. The van der Waals surface area contributed by atoms with Crippen molar-refractivity contribution in [1.82, 2.24) is 20.2 Å². The number of methoxy groups -OCH3 is 2. The molecule has 2 heterocycles. The Bertz CT molecular complexity index is 1110. The first-order chi connectivity index (χ1) is 14.8. The number of fused-ring (bicyclic) bond motifs is 1. The van der Waals surface area contributed by atoms with Crippen LogP contribution in [0.1, 0.15) is 36.4 Å². The quantitative estimate of drug-likeness (QED) is 0.705. The number of anilines is 1. The molecule has 3 aromatic rings. The topological polar surface area (TPSA) is 74.1 Å². The number of benzene rings is 2. The van der Waals surface area contributed by atoms with Crippen LogP contribution in [0.15, 0.2) is 65.4 Å². The van der Waals surface area contributed by atoms with E-state index in [1.54, 1.807) is 14.2 Å². The second kappa shape index (κ2) is 7.67. The molecule has 0 spiro atoms. The maximum Gasteiger partial charge on any atom is 0.248 e. The molecule has 0 saturated carbocycles. The largest absolute Gasteiger partial charge is 0.497 e. The molecular formula is C23H23N5O2. The summed E-state index contributed by atoms with van der Waals surface area (Å²) in [5, 5.41) is 15.9. The first kappa shape index (κ1) is 18.4.